The Bertz CT molecular complexity index is 228. The largest absolute Gasteiger partial charge is 0.472 e. The lowest BCUT2D eigenvalue weighted by atomic mass is 9.90. The zero-order valence-electron chi connectivity index (χ0n) is 9.42. The lowest BCUT2D eigenvalue weighted by molar-refractivity contribution is 0.362. The van der Waals surface area contributed by atoms with Crippen LogP contribution in [0, 0.1) is 11.8 Å². The van der Waals surface area contributed by atoms with Crippen molar-refractivity contribution in [3.05, 3.63) is 24.2 Å². The molecule has 0 amide bonds. The van der Waals surface area contributed by atoms with Crippen LogP contribution in [0.3, 0.4) is 0 Å². The SMILES string of the molecule is CCNCC(Cc1ccoc1)C(C)C. The van der Waals surface area contributed by atoms with Crippen LogP contribution >= 0.6 is 0 Å². The van der Waals surface area contributed by atoms with E-state index >= 15 is 0 Å². The summed E-state index contributed by atoms with van der Waals surface area (Å²) in [5.41, 5.74) is 1.31. The minimum atomic E-state index is 0.701. The van der Waals surface area contributed by atoms with Crippen LogP contribution in [0.2, 0.25) is 0 Å². The Hall–Kier alpha value is -0.760. The third-order valence-electron chi connectivity index (χ3n) is 2.68. The van der Waals surface area contributed by atoms with E-state index in [4.69, 9.17) is 4.42 Å². The zero-order chi connectivity index (χ0) is 10.4. The van der Waals surface area contributed by atoms with Crippen molar-refractivity contribution in [1.29, 1.82) is 0 Å². The van der Waals surface area contributed by atoms with Gasteiger partial charge in [0.1, 0.15) is 0 Å². The van der Waals surface area contributed by atoms with Gasteiger partial charge in [-0.25, -0.2) is 0 Å². The molecule has 1 rings (SSSR count). The quantitative estimate of drug-likeness (QED) is 0.755. The summed E-state index contributed by atoms with van der Waals surface area (Å²) < 4.78 is 5.08. The van der Waals surface area contributed by atoms with Gasteiger partial charge in [-0.2, -0.15) is 0 Å². The molecule has 2 nitrogen and oxygen atoms in total. The summed E-state index contributed by atoms with van der Waals surface area (Å²) >= 11 is 0. The molecule has 1 aromatic heterocycles. The van der Waals surface area contributed by atoms with Crippen molar-refractivity contribution in [2.75, 3.05) is 13.1 Å². The molecular weight excluding hydrogens is 174 g/mol. The minimum Gasteiger partial charge on any atom is -0.472 e. The van der Waals surface area contributed by atoms with Crippen molar-refractivity contribution in [3.63, 3.8) is 0 Å². The average molecular weight is 195 g/mol. The highest BCUT2D eigenvalue weighted by molar-refractivity contribution is 5.06. The van der Waals surface area contributed by atoms with Gasteiger partial charge in [0.25, 0.3) is 0 Å². The second-order valence-corrected chi connectivity index (χ2v) is 4.15. The van der Waals surface area contributed by atoms with Gasteiger partial charge < -0.3 is 9.73 Å². The summed E-state index contributed by atoms with van der Waals surface area (Å²) in [6.45, 7) is 8.85. The van der Waals surface area contributed by atoms with Gasteiger partial charge in [-0.15, -0.1) is 0 Å². The lowest BCUT2D eigenvalue weighted by Crippen LogP contribution is -2.27. The molecule has 14 heavy (non-hydrogen) atoms. The third-order valence-corrected chi connectivity index (χ3v) is 2.68. The fourth-order valence-corrected chi connectivity index (χ4v) is 1.58. The van der Waals surface area contributed by atoms with Crippen molar-refractivity contribution >= 4 is 0 Å². The van der Waals surface area contributed by atoms with E-state index in [2.05, 4.69) is 32.2 Å². The van der Waals surface area contributed by atoms with E-state index in [9.17, 15) is 0 Å². The molecule has 0 aliphatic heterocycles. The second-order valence-electron chi connectivity index (χ2n) is 4.15. The maximum absolute atomic E-state index is 5.08. The Morgan fingerprint density at radius 2 is 2.21 bits per heavy atom. The summed E-state index contributed by atoms with van der Waals surface area (Å²) in [5, 5.41) is 3.41. The molecule has 1 atom stereocenters. The number of furan rings is 1. The summed E-state index contributed by atoms with van der Waals surface area (Å²) in [5.74, 6) is 1.41. The molecule has 0 aliphatic carbocycles. The summed E-state index contributed by atoms with van der Waals surface area (Å²) in [4.78, 5) is 0. The van der Waals surface area contributed by atoms with Crippen LogP contribution in [0.5, 0.6) is 0 Å². The molecule has 1 aromatic rings. The molecule has 80 valence electrons. The van der Waals surface area contributed by atoms with Crippen LogP contribution in [-0.2, 0) is 6.42 Å². The van der Waals surface area contributed by atoms with Gasteiger partial charge in [-0.05, 0) is 43.0 Å². The van der Waals surface area contributed by atoms with E-state index in [0.29, 0.717) is 11.8 Å². The third kappa shape index (κ3) is 3.54. The Morgan fingerprint density at radius 1 is 1.43 bits per heavy atom. The number of hydrogen-bond acceptors (Lipinski definition) is 2. The van der Waals surface area contributed by atoms with Crippen molar-refractivity contribution < 1.29 is 4.42 Å². The Morgan fingerprint density at radius 3 is 2.71 bits per heavy atom. The molecule has 0 spiro atoms. The predicted molar refractivity (Wildman–Crippen MR) is 59.3 cm³/mol. The summed E-state index contributed by atoms with van der Waals surface area (Å²) in [6, 6.07) is 2.06. The summed E-state index contributed by atoms with van der Waals surface area (Å²) in [7, 11) is 0. The average Bonchev–Trinajstić information content (AvgIpc) is 2.64. The lowest BCUT2D eigenvalue weighted by Gasteiger charge is -2.20. The second kappa shape index (κ2) is 5.86. The molecule has 1 heterocycles. The van der Waals surface area contributed by atoms with E-state index in [1.54, 1.807) is 6.26 Å². The molecule has 1 N–H and O–H groups in total. The van der Waals surface area contributed by atoms with Gasteiger partial charge in [0.15, 0.2) is 0 Å². The van der Waals surface area contributed by atoms with Gasteiger partial charge in [0.05, 0.1) is 12.5 Å². The van der Waals surface area contributed by atoms with Gasteiger partial charge in [-0.3, -0.25) is 0 Å². The van der Waals surface area contributed by atoms with Crippen LogP contribution in [0.4, 0.5) is 0 Å². The first-order valence-electron chi connectivity index (χ1n) is 5.45. The monoisotopic (exact) mass is 195 g/mol. The van der Waals surface area contributed by atoms with Crippen molar-refractivity contribution in [2.24, 2.45) is 11.8 Å². The first kappa shape index (κ1) is 11.3. The topological polar surface area (TPSA) is 25.2 Å². The van der Waals surface area contributed by atoms with Crippen LogP contribution < -0.4 is 5.32 Å². The molecule has 0 saturated carbocycles. The fourth-order valence-electron chi connectivity index (χ4n) is 1.58. The first-order valence-corrected chi connectivity index (χ1v) is 5.45. The molecule has 0 saturated heterocycles. The highest BCUT2D eigenvalue weighted by Crippen LogP contribution is 2.16. The Balaban J connectivity index is 2.43. The Kier molecular flexibility index (Phi) is 4.74. The smallest absolute Gasteiger partial charge is 0.0934 e. The van der Waals surface area contributed by atoms with E-state index in [-0.39, 0.29) is 0 Å². The van der Waals surface area contributed by atoms with Crippen LogP contribution in [0.25, 0.3) is 0 Å². The van der Waals surface area contributed by atoms with E-state index < -0.39 is 0 Å². The van der Waals surface area contributed by atoms with E-state index in [1.807, 2.05) is 6.26 Å². The van der Waals surface area contributed by atoms with Crippen molar-refractivity contribution in [1.82, 2.24) is 5.32 Å². The standard InChI is InChI=1S/C12H21NO/c1-4-13-8-12(10(2)3)7-11-5-6-14-9-11/h5-6,9-10,12-13H,4,7-8H2,1-3H3. The normalized spacial score (nSPS) is 13.4. The van der Waals surface area contributed by atoms with Crippen molar-refractivity contribution in [3.8, 4) is 0 Å². The number of hydrogen-bond donors (Lipinski definition) is 1. The van der Waals surface area contributed by atoms with Gasteiger partial charge in [0.2, 0.25) is 0 Å². The maximum atomic E-state index is 5.08. The van der Waals surface area contributed by atoms with E-state index in [0.717, 1.165) is 19.5 Å². The van der Waals surface area contributed by atoms with Gasteiger partial charge in [-0.1, -0.05) is 20.8 Å². The molecule has 0 radical (unpaired) electrons. The highest BCUT2D eigenvalue weighted by atomic mass is 16.3. The Labute approximate surface area is 86.7 Å². The number of rotatable bonds is 6. The molecule has 1 unspecified atom stereocenters. The molecule has 2 heteroatoms. The zero-order valence-corrected chi connectivity index (χ0v) is 9.42. The van der Waals surface area contributed by atoms with Crippen LogP contribution in [0.1, 0.15) is 26.3 Å². The van der Waals surface area contributed by atoms with Gasteiger partial charge in [0, 0.05) is 0 Å². The predicted octanol–water partition coefficient (Wildman–Crippen LogP) is 2.70. The van der Waals surface area contributed by atoms with Crippen LogP contribution in [0.15, 0.2) is 23.0 Å². The van der Waals surface area contributed by atoms with E-state index in [1.165, 1.54) is 5.56 Å². The molecular formula is C12H21NO. The minimum absolute atomic E-state index is 0.701. The first-order chi connectivity index (χ1) is 6.74. The maximum Gasteiger partial charge on any atom is 0.0934 e. The fraction of sp³-hybridized carbons (Fsp3) is 0.667. The molecule has 0 bridgehead atoms. The number of nitrogens with one attached hydrogen (secondary N) is 1. The van der Waals surface area contributed by atoms with Gasteiger partial charge >= 0.3 is 0 Å². The van der Waals surface area contributed by atoms with Crippen LogP contribution in [-0.4, -0.2) is 13.1 Å². The van der Waals surface area contributed by atoms with Crippen molar-refractivity contribution in [2.45, 2.75) is 27.2 Å². The molecule has 0 aliphatic rings. The highest BCUT2D eigenvalue weighted by Gasteiger charge is 2.13. The molecule has 0 aromatic carbocycles. The molecule has 0 fully saturated rings. The summed E-state index contributed by atoms with van der Waals surface area (Å²) in [6.07, 6.45) is 4.71.